The summed E-state index contributed by atoms with van der Waals surface area (Å²) in [6, 6.07) is 75.9. The number of para-hydroxylation sites is 2. The maximum absolute atomic E-state index is 6.17. The zero-order valence-corrected chi connectivity index (χ0v) is 29.6. The molecule has 54 heavy (non-hydrogen) atoms. The zero-order valence-electron chi connectivity index (χ0n) is 29.6. The van der Waals surface area contributed by atoms with Crippen LogP contribution < -0.4 is 4.90 Å². The third-order valence-corrected chi connectivity index (χ3v) is 10.5. The van der Waals surface area contributed by atoms with E-state index in [1.807, 2.05) is 12.1 Å². The van der Waals surface area contributed by atoms with Crippen LogP contribution in [0.4, 0.5) is 17.1 Å². The molecule has 0 saturated carbocycles. The van der Waals surface area contributed by atoms with Gasteiger partial charge in [0.05, 0.1) is 5.69 Å². The molecule has 0 aliphatic heterocycles. The fourth-order valence-corrected chi connectivity index (χ4v) is 7.78. The average molecular weight is 690 g/mol. The Bertz CT molecular complexity index is 2890. The van der Waals surface area contributed by atoms with E-state index < -0.39 is 0 Å². The molecule has 2 heteroatoms. The van der Waals surface area contributed by atoms with Crippen LogP contribution >= 0.6 is 0 Å². The first-order chi connectivity index (χ1) is 26.8. The number of furan rings is 1. The van der Waals surface area contributed by atoms with E-state index >= 15 is 0 Å². The van der Waals surface area contributed by atoms with Crippen molar-refractivity contribution in [1.82, 2.24) is 0 Å². The van der Waals surface area contributed by atoms with Gasteiger partial charge in [0.2, 0.25) is 0 Å². The lowest BCUT2D eigenvalue weighted by Crippen LogP contribution is -2.11. The van der Waals surface area contributed by atoms with Crippen LogP contribution in [0, 0.1) is 0 Å². The van der Waals surface area contributed by atoms with E-state index in [0.717, 1.165) is 33.6 Å². The molecule has 10 aromatic rings. The van der Waals surface area contributed by atoms with Gasteiger partial charge in [-0.1, -0.05) is 164 Å². The molecule has 0 radical (unpaired) electrons. The summed E-state index contributed by atoms with van der Waals surface area (Å²) in [7, 11) is 0. The van der Waals surface area contributed by atoms with Crippen LogP contribution in [0.25, 0.3) is 77.2 Å². The monoisotopic (exact) mass is 689 g/mol. The molecule has 254 valence electrons. The molecule has 9 aromatic carbocycles. The highest BCUT2D eigenvalue weighted by atomic mass is 16.3. The summed E-state index contributed by atoms with van der Waals surface area (Å²) in [6.07, 6.45) is 0. The quantitative estimate of drug-likeness (QED) is 0.166. The fraction of sp³-hybridized carbons (Fsp3) is 0. The molecule has 2 nitrogen and oxygen atoms in total. The van der Waals surface area contributed by atoms with Gasteiger partial charge < -0.3 is 9.32 Å². The number of anilines is 3. The Morgan fingerprint density at radius 1 is 0.315 bits per heavy atom. The van der Waals surface area contributed by atoms with Gasteiger partial charge >= 0.3 is 0 Å². The average Bonchev–Trinajstić information content (AvgIpc) is 3.64. The van der Waals surface area contributed by atoms with Crippen molar-refractivity contribution < 1.29 is 4.42 Å². The molecular weight excluding hydrogens is 655 g/mol. The summed E-state index contributed by atoms with van der Waals surface area (Å²) in [5.41, 5.74) is 14.6. The minimum atomic E-state index is 0.921. The maximum atomic E-state index is 6.17. The highest BCUT2D eigenvalue weighted by Crippen LogP contribution is 2.43. The Kier molecular flexibility index (Phi) is 7.85. The van der Waals surface area contributed by atoms with Crippen LogP contribution in [-0.2, 0) is 0 Å². The number of fused-ring (bicyclic) bond motifs is 5. The van der Waals surface area contributed by atoms with Gasteiger partial charge in [0.1, 0.15) is 11.2 Å². The normalized spacial score (nSPS) is 11.3. The van der Waals surface area contributed by atoms with Crippen molar-refractivity contribution in [2.45, 2.75) is 0 Å². The van der Waals surface area contributed by atoms with Crippen molar-refractivity contribution in [3.05, 3.63) is 212 Å². The second kappa shape index (κ2) is 13.4. The van der Waals surface area contributed by atoms with E-state index in [2.05, 4.69) is 205 Å². The molecule has 0 saturated heterocycles. The SMILES string of the molecule is c1ccc(-c2ccc(-c3ccccc3N(c3ccc(-c4ccccc4)cc3)c3ccc(-c4ccc5c(ccc6oc7ccccc7c65)c4)cc3)cc2)cc1. The van der Waals surface area contributed by atoms with Gasteiger partial charge in [-0.05, 0) is 98.2 Å². The smallest absolute Gasteiger partial charge is 0.136 e. The second-order valence-electron chi connectivity index (χ2n) is 13.7. The van der Waals surface area contributed by atoms with Crippen molar-refractivity contribution in [1.29, 1.82) is 0 Å². The predicted molar refractivity (Wildman–Crippen MR) is 228 cm³/mol. The van der Waals surface area contributed by atoms with Gasteiger partial charge in [-0.25, -0.2) is 0 Å². The minimum Gasteiger partial charge on any atom is -0.456 e. The van der Waals surface area contributed by atoms with Crippen molar-refractivity contribution in [3.63, 3.8) is 0 Å². The molecule has 0 spiro atoms. The fourth-order valence-electron chi connectivity index (χ4n) is 7.78. The third kappa shape index (κ3) is 5.71. The number of benzene rings is 9. The molecule has 0 unspecified atom stereocenters. The Morgan fingerprint density at radius 2 is 0.815 bits per heavy atom. The minimum absolute atomic E-state index is 0.921. The summed E-state index contributed by atoms with van der Waals surface area (Å²) < 4.78 is 6.17. The summed E-state index contributed by atoms with van der Waals surface area (Å²) in [4.78, 5) is 2.38. The standard InChI is InChI=1S/C52H35NO/c1-3-11-36(12-4-1)38-19-21-41(22-20-38)46-15-7-9-17-49(46)53(44-29-23-39(24-30-44)37-13-5-2-6-14-37)45-31-25-40(26-32-45)42-27-33-47-43(35-42)28-34-51-52(47)48-16-8-10-18-50(48)54-51/h1-35H. The molecule has 0 aliphatic rings. The Labute approximate surface area is 314 Å². The van der Waals surface area contributed by atoms with Crippen LogP contribution in [0.1, 0.15) is 0 Å². The Hall–Kier alpha value is -7.16. The Morgan fingerprint density at radius 3 is 1.48 bits per heavy atom. The van der Waals surface area contributed by atoms with Gasteiger partial charge in [0.15, 0.2) is 0 Å². The Balaban J connectivity index is 1.05. The van der Waals surface area contributed by atoms with E-state index in [0.29, 0.717) is 0 Å². The number of hydrogen-bond donors (Lipinski definition) is 0. The summed E-state index contributed by atoms with van der Waals surface area (Å²) in [5, 5.41) is 4.73. The van der Waals surface area contributed by atoms with Gasteiger partial charge in [-0.15, -0.1) is 0 Å². The van der Waals surface area contributed by atoms with Crippen LogP contribution in [0.3, 0.4) is 0 Å². The van der Waals surface area contributed by atoms with E-state index in [9.17, 15) is 0 Å². The molecule has 0 fully saturated rings. The molecule has 1 heterocycles. The van der Waals surface area contributed by atoms with Crippen molar-refractivity contribution in [3.8, 4) is 44.5 Å². The molecule has 0 aliphatic carbocycles. The first-order valence-electron chi connectivity index (χ1n) is 18.4. The van der Waals surface area contributed by atoms with Crippen LogP contribution in [0.5, 0.6) is 0 Å². The lowest BCUT2D eigenvalue weighted by Gasteiger charge is -2.28. The lowest BCUT2D eigenvalue weighted by molar-refractivity contribution is 0.669. The van der Waals surface area contributed by atoms with Crippen LogP contribution in [0.2, 0.25) is 0 Å². The third-order valence-electron chi connectivity index (χ3n) is 10.5. The number of hydrogen-bond acceptors (Lipinski definition) is 2. The molecule has 10 rings (SSSR count). The van der Waals surface area contributed by atoms with Gasteiger partial charge in [0, 0.05) is 27.7 Å². The zero-order chi connectivity index (χ0) is 35.8. The predicted octanol–water partition coefficient (Wildman–Crippen LogP) is 14.9. The molecule has 0 N–H and O–H groups in total. The largest absolute Gasteiger partial charge is 0.456 e. The maximum Gasteiger partial charge on any atom is 0.136 e. The van der Waals surface area contributed by atoms with E-state index in [1.165, 1.54) is 60.7 Å². The molecular formula is C52H35NO. The van der Waals surface area contributed by atoms with Crippen molar-refractivity contribution >= 4 is 49.8 Å². The first kappa shape index (κ1) is 31.6. The van der Waals surface area contributed by atoms with Crippen molar-refractivity contribution in [2.24, 2.45) is 0 Å². The van der Waals surface area contributed by atoms with E-state index in [4.69, 9.17) is 4.42 Å². The summed E-state index contributed by atoms with van der Waals surface area (Å²) in [5.74, 6) is 0. The van der Waals surface area contributed by atoms with Crippen LogP contribution in [0.15, 0.2) is 217 Å². The molecule has 0 amide bonds. The molecule has 1 aromatic heterocycles. The van der Waals surface area contributed by atoms with Crippen molar-refractivity contribution in [2.75, 3.05) is 4.90 Å². The number of nitrogens with zero attached hydrogens (tertiary/aromatic N) is 1. The molecule has 0 bridgehead atoms. The number of rotatable bonds is 7. The highest BCUT2D eigenvalue weighted by molar-refractivity contribution is 6.19. The van der Waals surface area contributed by atoms with Crippen LogP contribution in [-0.4, -0.2) is 0 Å². The lowest BCUT2D eigenvalue weighted by atomic mass is 9.97. The van der Waals surface area contributed by atoms with Gasteiger partial charge in [0.25, 0.3) is 0 Å². The topological polar surface area (TPSA) is 16.4 Å². The first-order valence-corrected chi connectivity index (χ1v) is 18.4. The van der Waals surface area contributed by atoms with Gasteiger partial charge in [-0.2, -0.15) is 0 Å². The summed E-state index contributed by atoms with van der Waals surface area (Å²) in [6.45, 7) is 0. The second-order valence-corrected chi connectivity index (χ2v) is 13.7. The van der Waals surface area contributed by atoms with Gasteiger partial charge in [-0.3, -0.25) is 0 Å². The van der Waals surface area contributed by atoms with E-state index in [-0.39, 0.29) is 0 Å². The molecule has 0 atom stereocenters. The van der Waals surface area contributed by atoms with E-state index in [1.54, 1.807) is 0 Å². The highest BCUT2D eigenvalue weighted by Gasteiger charge is 2.18. The summed E-state index contributed by atoms with van der Waals surface area (Å²) >= 11 is 0.